The summed E-state index contributed by atoms with van der Waals surface area (Å²) in [7, 11) is 0. The average molecular weight is 355 g/mol. The summed E-state index contributed by atoms with van der Waals surface area (Å²) in [6, 6.07) is 6.92. The number of carbonyl (C=O) groups is 1. The van der Waals surface area contributed by atoms with Crippen LogP contribution in [-0.4, -0.2) is 26.7 Å². The lowest BCUT2D eigenvalue weighted by Crippen LogP contribution is -2.18. The van der Waals surface area contributed by atoms with E-state index in [2.05, 4.69) is 15.7 Å². The number of rotatable bonds is 6. The second-order valence-corrected chi connectivity index (χ2v) is 6.96. The van der Waals surface area contributed by atoms with Crippen LogP contribution in [0, 0.1) is 10.1 Å². The number of benzene rings is 1. The molecule has 1 amide bonds. The molecule has 26 heavy (non-hydrogen) atoms. The largest absolute Gasteiger partial charge is 0.377 e. The molecule has 0 radical (unpaired) electrons. The lowest BCUT2D eigenvalue weighted by atomic mass is 10.1. The van der Waals surface area contributed by atoms with Crippen molar-refractivity contribution < 1.29 is 9.72 Å². The van der Waals surface area contributed by atoms with Gasteiger partial charge in [-0.25, -0.2) is 4.68 Å². The van der Waals surface area contributed by atoms with Crippen LogP contribution in [-0.2, 0) is 0 Å². The van der Waals surface area contributed by atoms with Gasteiger partial charge in [-0.2, -0.15) is 5.10 Å². The van der Waals surface area contributed by atoms with Crippen LogP contribution < -0.4 is 10.6 Å². The highest BCUT2D eigenvalue weighted by Gasteiger charge is 2.26. The lowest BCUT2D eigenvalue weighted by molar-refractivity contribution is -0.384. The van der Waals surface area contributed by atoms with Gasteiger partial charge in [-0.05, 0) is 37.8 Å². The Morgan fingerprint density at radius 2 is 1.96 bits per heavy atom. The third kappa shape index (κ3) is 3.40. The van der Waals surface area contributed by atoms with E-state index in [0.717, 1.165) is 25.7 Å². The van der Waals surface area contributed by atoms with E-state index in [9.17, 15) is 14.9 Å². The summed E-state index contributed by atoms with van der Waals surface area (Å²) in [5, 5.41) is 21.7. The first kappa shape index (κ1) is 16.6. The number of anilines is 2. The molecule has 0 atom stereocenters. The fourth-order valence-electron chi connectivity index (χ4n) is 3.44. The Bertz CT molecular complexity index is 837. The zero-order valence-corrected chi connectivity index (χ0v) is 14.4. The minimum Gasteiger partial charge on any atom is -0.377 e. The highest BCUT2D eigenvalue weighted by molar-refractivity contribution is 6.04. The average Bonchev–Trinajstić information content (AvgIpc) is 3.10. The quantitative estimate of drug-likeness (QED) is 0.607. The van der Waals surface area contributed by atoms with Crippen LogP contribution >= 0.6 is 0 Å². The van der Waals surface area contributed by atoms with E-state index in [1.165, 1.54) is 18.9 Å². The molecule has 2 saturated carbocycles. The highest BCUT2D eigenvalue weighted by Crippen LogP contribution is 2.33. The molecule has 2 aromatic rings. The Morgan fingerprint density at radius 3 is 2.65 bits per heavy atom. The molecule has 1 aromatic carbocycles. The van der Waals surface area contributed by atoms with Crippen molar-refractivity contribution >= 4 is 23.1 Å². The van der Waals surface area contributed by atoms with Crippen LogP contribution in [0.25, 0.3) is 0 Å². The van der Waals surface area contributed by atoms with Crippen LogP contribution in [0.4, 0.5) is 17.2 Å². The van der Waals surface area contributed by atoms with Gasteiger partial charge in [-0.15, -0.1) is 0 Å². The van der Waals surface area contributed by atoms with Gasteiger partial charge >= 0.3 is 0 Å². The molecular formula is C18H21N5O3. The van der Waals surface area contributed by atoms with E-state index < -0.39 is 4.92 Å². The molecule has 2 fully saturated rings. The molecule has 2 aliphatic carbocycles. The molecule has 8 nitrogen and oxygen atoms in total. The standard InChI is InChI=1S/C18H21N5O3/c24-18(21-17-9-10-19-22(17)14-3-1-2-4-14)12-5-8-15(20-13-6-7-13)16(11-12)23(25)26/h5,8-11,13-14,20H,1-4,6-7H2,(H,21,24). The van der Waals surface area contributed by atoms with Crippen LogP contribution in [0.5, 0.6) is 0 Å². The van der Waals surface area contributed by atoms with Gasteiger partial charge < -0.3 is 10.6 Å². The smallest absolute Gasteiger partial charge is 0.293 e. The minimum atomic E-state index is -0.454. The summed E-state index contributed by atoms with van der Waals surface area (Å²) < 4.78 is 1.85. The van der Waals surface area contributed by atoms with E-state index in [1.807, 2.05) is 4.68 Å². The van der Waals surface area contributed by atoms with Gasteiger partial charge in [-0.1, -0.05) is 12.8 Å². The van der Waals surface area contributed by atoms with Crippen molar-refractivity contribution in [1.29, 1.82) is 0 Å². The first-order valence-electron chi connectivity index (χ1n) is 9.01. The monoisotopic (exact) mass is 355 g/mol. The van der Waals surface area contributed by atoms with Crippen molar-refractivity contribution in [1.82, 2.24) is 9.78 Å². The van der Waals surface area contributed by atoms with Gasteiger partial charge in [0.15, 0.2) is 0 Å². The van der Waals surface area contributed by atoms with Crippen molar-refractivity contribution in [2.24, 2.45) is 0 Å². The molecule has 8 heteroatoms. The van der Waals surface area contributed by atoms with Crippen LogP contribution in [0.1, 0.15) is 54.9 Å². The van der Waals surface area contributed by atoms with E-state index in [1.54, 1.807) is 24.4 Å². The van der Waals surface area contributed by atoms with Gasteiger partial charge in [0.25, 0.3) is 11.6 Å². The van der Waals surface area contributed by atoms with Crippen LogP contribution in [0.2, 0.25) is 0 Å². The van der Waals surface area contributed by atoms with Crippen LogP contribution in [0.3, 0.4) is 0 Å². The normalized spacial score (nSPS) is 17.2. The molecule has 0 unspecified atom stereocenters. The zero-order valence-electron chi connectivity index (χ0n) is 14.4. The second kappa shape index (κ2) is 6.78. The molecule has 2 N–H and O–H groups in total. The van der Waals surface area contributed by atoms with Gasteiger partial charge in [0.1, 0.15) is 11.5 Å². The van der Waals surface area contributed by atoms with Gasteiger partial charge in [-0.3, -0.25) is 14.9 Å². The Morgan fingerprint density at radius 1 is 1.19 bits per heavy atom. The molecule has 2 aliphatic rings. The fourth-order valence-corrected chi connectivity index (χ4v) is 3.44. The third-order valence-corrected chi connectivity index (χ3v) is 4.98. The van der Waals surface area contributed by atoms with Gasteiger partial charge in [0.05, 0.1) is 17.2 Å². The maximum atomic E-state index is 12.6. The minimum absolute atomic E-state index is 0.0751. The SMILES string of the molecule is O=C(Nc1ccnn1C1CCCC1)c1ccc(NC2CC2)c([N+](=O)[O-])c1. The molecule has 4 rings (SSSR count). The van der Waals surface area contributed by atoms with Gasteiger partial charge in [0.2, 0.25) is 0 Å². The predicted molar refractivity (Wildman–Crippen MR) is 97.4 cm³/mol. The summed E-state index contributed by atoms with van der Waals surface area (Å²) in [5.41, 5.74) is 0.649. The number of nitrogens with zero attached hydrogens (tertiary/aromatic N) is 3. The lowest BCUT2D eigenvalue weighted by Gasteiger charge is -2.15. The first-order valence-corrected chi connectivity index (χ1v) is 9.01. The maximum Gasteiger partial charge on any atom is 0.293 e. The van der Waals surface area contributed by atoms with E-state index in [4.69, 9.17) is 0 Å². The summed E-state index contributed by atoms with van der Waals surface area (Å²) in [4.78, 5) is 23.5. The highest BCUT2D eigenvalue weighted by atomic mass is 16.6. The molecule has 0 bridgehead atoms. The number of amides is 1. The number of nitro benzene ring substituents is 1. The van der Waals surface area contributed by atoms with Crippen molar-refractivity contribution in [3.8, 4) is 0 Å². The molecule has 0 saturated heterocycles. The number of aromatic nitrogens is 2. The van der Waals surface area contributed by atoms with Gasteiger partial charge in [0, 0.05) is 23.7 Å². The third-order valence-electron chi connectivity index (χ3n) is 4.98. The summed E-state index contributed by atoms with van der Waals surface area (Å²) >= 11 is 0. The molecule has 0 spiro atoms. The number of nitro groups is 1. The van der Waals surface area contributed by atoms with Crippen molar-refractivity contribution in [3.63, 3.8) is 0 Å². The Labute approximate surface area is 150 Å². The molecule has 1 heterocycles. The zero-order chi connectivity index (χ0) is 18.1. The Kier molecular flexibility index (Phi) is 4.32. The van der Waals surface area contributed by atoms with E-state index in [-0.39, 0.29) is 17.2 Å². The molecule has 1 aromatic heterocycles. The molecule has 0 aliphatic heterocycles. The fraction of sp³-hybridized carbons (Fsp3) is 0.444. The maximum absolute atomic E-state index is 12.6. The number of hydrogen-bond acceptors (Lipinski definition) is 5. The Hall–Kier alpha value is -2.90. The number of hydrogen-bond donors (Lipinski definition) is 2. The summed E-state index contributed by atoms with van der Waals surface area (Å²) in [6.45, 7) is 0. The number of carbonyl (C=O) groups excluding carboxylic acids is 1. The molecular weight excluding hydrogens is 334 g/mol. The Balaban J connectivity index is 1.54. The van der Waals surface area contributed by atoms with Crippen molar-refractivity contribution in [2.75, 3.05) is 10.6 Å². The summed E-state index contributed by atoms with van der Waals surface area (Å²) in [6.07, 6.45) is 8.14. The summed E-state index contributed by atoms with van der Waals surface area (Å²) in [5.74, 6) is 0.260. The number of nitrogens with one attached hydrogen (secondary N) is 2. The first-order chi connectivity index (χ1) is 12.6. The van der Waals surface area contributed by atoms with E-state index in [0.29, 0.717) is 23.6 Å². The molecule has 136 valence electrons. The second-order valence-electron chi connectivity index (χ2n) is 6.96. The predicted octanol–water partition coefficient (Wildman–Crippen LogP) is 3.73. The van der Waals surface area contributed by atoms with Crippen LogP contribution in [0.15, 0.2) is 30.5 Å². The van der Waals surface area contributed by atoms with Crippen molar-refractivity contribution in [2.45, 2.75) is 50.6 Å². The topological polar surface area (TPSA) is 102 Å². The van der Waals surface area contributed by atoms with Crippen molar-refractivity contribution in [3.05, 3.63) is 46.1 Å². The van der Waals surface area contributed by atoms with E-state index >= 15 is 0 Å².